The number of hydrogen-bond donors (Lipinski definition) is 0. The number of rotatable bonds is 2. The lowest BCUT2D eigenvalue weighted by Crippen LogP contribution is -2.15. The minimum atomic E-state index is -0.151. The molecule has 10 aromatic rings. The predicted octanol–water partition coefficient (Wildman–Crippen LogP) is 13.4. The molecule has 0 aliphatic heterocycles. The second kappa shape index (κ2) is 9.49. The fraction of sp³-hybridized carbons (Fsp3) is 0.0638. The number of para-hydroxylation sites is 1. The summed E-state index contributed by atoms with van der Waals surface area (Å²) in [5.41, 5.74) is 13.8. The lowest BCUT2D eigenvalue weighted by molar-refractivity contribution is 0.661. The van der Waals surface area contributed by atoms with Crippen molar-refractivity contribution in [3.8, 4) is 33.4 Å². The van der Waals surface area contributed by atoms with E-state index in [1.807, 2.05) is 12.1 Å². The van der Waals surface area contributed by atoms with Gasteiger partial charge in [-0.15, -0.1) is 0 Å². The van der Waals surface area contributed by atoms with Crippen molar-refractivity contribution in [1.82, 2.24) is 0 Å². The molecule has 0 amide bonds. The van der Waals surface area contributed by atoms with Gasteiger partial charge in [0.15, 0.2) is 0 Å². The van der Waals surface area contributed by atoms with E-state index in [9.17, 15) is 0 Å². The third-order valence-corrected chi connectivity index (χ3v) is 11.1. The van der Waals surface area contributed by atoms with Crippen LogP contribution in [-0.2, 0) is 5.41 Å². The van der Waals surface area contributed by atoms with Crippen LogP contribution >= 0.6 is 0 Å². The van der Waals surface area contributed by atoms with Crippen molar-refractivity contribution in [2.24, 2.45) is 0 Å². The molecule has 2 nitrogen and oxygen atoms in total. The van der Waals surface area contributed by atoms with Crippen molar-refractivity contribution in [3.05, 3.63) is 157 Å². The highest BCUT2D eigenvalue weighted by molar-refractivity contribution is 6.19. The second-order valence-corrected chi connectivity index (χ2v) is 14.1. The van der Waals surface area contributed by atoms with Gasteiger partial charge in [-0.25, -0.2) is 0 Å². The average molecular weight is 627 g/mol. The molecule has 0 spiro atoms. The maximum absolute atomic E-state index is 6.54. The first kappa shape index (κ1) is 26.9. The normalized spacial score (nSPS) is 13.7. The van der Waals surface area contributed by atoms with Gasteiger partial charge in [0.1, 0.15) is 22.3 Å². The molecule has 0 saturated heterocycles. The Labute approximate surface area is 282 Å². The van der Waals surface area contributed by atoms with Gasteiger partial charge in [-0.3, -0.25) is 0 Å². The topological polar surface area (TPSA) is 26.3 Å². The van der Waals surface area contributed by atoms with Gasteiger partial charge in [0, 0.05) is 32.3 Å². The summed E-state index contributed by atoms with van der Waals surface area (Å²) in [5.74, 6) is 0. The van der Waals surface area contributed by atoms with Crippen LogP contribution in [0.2, 0.25) is 0 Å². The van der Waals surface area contributed by atoms with Crippen LogP contribution in [-0.4, -0.2) is 0 Å². The van der Waals surface area contributed by atoms with Crippen LogP contribution < -0.4 is 0 Å². The van der Waals surface area contributed by atoms with E-state index < -0.39 is 0 Å². The van der Waals surface area contributed by atoms with Crippen molar-refractivity contribution < 1.29 is 8.83 Å². The highest BCUT2D eigenvalue weighted by Crippen LogP contribution is 2.52. The van der Waals surface area contributed by atoms with Crippen LogP contribution in [0.5, 0.6) is 0 Å². The smallest absolute Gasteiger partial charge is 0.143 e. The fourth-order valence-electron chi connectivity index (χ4n) is 8.61. The summed E-state index contributed by atoms with van der Waals surface area (Å²) >= 11 is 0. The molecule has 11 rings (SSSR count). The van der Waals surface area contributed by atoms with Gasteiger partial charge < -0.3 is 8.83 Å². The van der Waals surface area contributed by atoms with Gasteiger partial charge in [0.25, 0.3) is 0 Å². The monoisotopic (exact) mass is 626 g/mol. The SMILES string of the molecule is CC1(C)c2cc(-c3cccc4oc5c6ccccc6ccc5c34)ccc2-c2cc3c(-c4ccc5oc6ccccc6c5c4)cccc3cc21. The second-order valence-electron chi connectivity index (χ2n) is 14.1. The lowest BCUT2D eigenvalue weighted by atomic mass is 9.80. The zero-order valence-corrected chi connectivity index (χ0v) is 27.2. The Balaban J connectivity index is 1.08. The van der Waals surface area contributed by atoms with E-state index in [1.54, 1.807) is 0 Å². The zero-order valence-electron chi connectivity index (χ0n) is 27.2. The van der Waals surface area contributed by atoms with Gasteiger partial charge >= 0.3 is 0 Å². The Hall–Kier alpha value is -6.12. The van der Waals surface area contributed by atoms with Crippen LogP contribution in [0.3, 0.4) is 0 Å². The Morgan fingerprint density at radius 2 is 1.10 bits per heavy atom. The van der Waals surface area contributed by atoms with Crippen LogP contribution in [0, 0.1) is 0 Å². The summed E-state index contributed by atoms with van der Waals surface area (Å²) in [6, 6.07) is 52.9. The molecule has 0 unspecified atom stereocenters. The summed E-state index contributed by atoms with van der Waals surface area (Å²) in [7, 11) is 0. The van der Waals surface area contributed by atoms with E-state index in [2.05, 4.69) is 147 Å². The number of fused-ring (bicyclic) bond motifs is 12. The van der Waals surface area contributed by atoms with Crippen molar-refractivity contribution in [2.45, 2.75) is 19.3 Å². The summed E-state index contributed by atoms with van der Waals surface area (Å²) in [5, 5.41) is 9.51. The van der Waals surface area contributed by atoms with Crippen molar-refractivity contribution in [1.29, 1.82) is 0 Å². The molecule has 1 aliphatic carbocycles. The molecular formula is C47H30O2. The molecule has 230 valence electrons. The molecule has 0 radical (unpaired) electrons. The third kappa shape index (κ3) is 3.66. The molecule has 2 heteroatoms. The maximum atomic E-state index is 6.54. The van der Waals surface area contributed by atoms with E-state index in [4.69, 9.17) is 8.83 Å². The standard InChI is InChI=1S/C47H30O2/c1-47(2)40-25-30(32-14-8-16-44-45(32)36-21-17-27-9-3-4-11-33(27)46(36)49-44)18-20-34(40)38-26-37-28(24-41(38)47)10-7-13-31(37)29-19-22-43-39(23-29)35-12-5-6-15-42(35)48-43/h3-26H,1-2H3. The van der Waals surface area contributed by atoms with Gasteiger partial charge in [-0.05, 0) is 109 Å². The van der Waals surface area contributed by atoms with E-state index >= 15 is 0 Å². The molecule has 0 atom stereocenters. The molecular weight excluding hydrogens is 597 g/mol. The first-order valence-corrected chi connectivity index (χ1v) is 17.0. The highest BCUT2D eigenvalue weighted by atomic mass is 16.3. The quantitative estimate of drug-likeness (QED) is 0.191. The predicted molar refractivity (Wildman–Crippen MR) is 204 cm³/mol. The number of benzene rings is 8. The van der Waals surface area contributed by atoms with Crippen LogP contribution in [0.15, 0.2) is 154 Å². The van der Waals surface area contributed by atoms with E-state index in [0.717, 1.165) is 43.9 Å². The van der Waals surface area contributed by atoms with Crippen molar-refractivity contribution >= 4 is 65.4 Å². The zero-order chi connectivity index (χ0) is 32.4. The van der Waals surface area contributed by atoms with E-state index in [0.29, 0.717) is 0 Å². The summed E-state index contributed by atoms with van der Waals surface area (Å²) in [6.07, 6.45) is 0. The molecule has 2 aromatic heterocycles. The summed E-state index contributed by atoms with van der Waals surface area (Å²) in [6.45, 7) is 4.74. The highest BCUT2D eigenvalue weighted by Gasteiger charge is 2.36. The van der Waals surface area contributed by atoms with Gasteiger partial charge in [0.2, 0.25) is 0 Å². The average Bonchev–Trinajstić information content (AvgIpc) is 3.78. The van der Waals surface area contributed by atoms with Crippen LogP contribution in [0.4, 0.5) is 0 Å². The minimum absolute atomic E-state index is 0.151. The molecule has 8 aromatic carbocycles. The van der Waals surface area contributed by atoms with Crippen LogP contribution in [0.1, 0.15) is 25.0 Å². The van der Waals surface area contributed by atoms with E-state index in [1.165, 1.54) is 66.1 Å². The Bertz CT molecular complexity index is 3020. The lowest BCUT2D eigenvalue weighted by Gasteiger charge is -2.22. The molecule has 0 bridgehead atoms. The third-order valence-electron chi connectivity index (χ3n) is 11.1. The molecule has 1 aliphatic rings. The Morgan fingerprint density at radius 3 is 2.04 bits per heavy atom. The maximum Gasteiger partial charge on any atom is 0.143 e. The Morgan fingerprint density at radius 1 is 0.388 bits per heavy atom. The fourth-order valence-corrected chi connectivity index (χ4v) is 8.61. The van der Waals surface area contributed by atoms with Crippen molar-refractivity contribution in [2.75, 3.05) is 0 Å². The van der Waals surface area contributed by atoms with Gasteiger partial charge in [0.05, 0.1) is 0 Å². The molecule has 0 fully saturated rings. The first-order valence-electron chi connectivity index (χ1n) is 17.0. The first-order chi connectivity index (χ1) is 24.0. The molecule has 0 N–H and O–H groups in total. The molecule has 49 heavy (non-hydrogen) atoms. The largest absolute Gasteiger partial charge is 0.456 e. The van der Waals surface area contributed by atoms with E-state index in [-0.39, 0.29) is 5.41 Å². The van der Waals surface area contributed by atoms with Gasteiger partial charge in [-0.1, -0.05) is 111 Å². The summed E-state index contributed by atoms with van der Waals surface area (Å²) in [4.78, 5) is 0. The summed E-state index contributed by atoms with van der Waals surface area (Å²) < 4.78 is 12.7. The van der Waals surface area contributed by atoms with Crippen molar-refractivity contribution in [3.63, 3.8) is 0 Å². The number of hydrogen-bond acceptors (Lipinski definition) is 2. The number of furan rings is 2. The molecule has 0 saturated carbocycles. The minimum Gasteiger partial charge on any atom is -0.456 e. The van der Waals surface area contributed by atoms with Crippen LogP contribution in [0.25, 0.3) is 98.8 Å². The molecule has 2 heterocycles. The Kier molecular flexibility index (Phi) is 5.21. The van der Waals surface area contributed by atoms with Gasteiger partial charge in [-0.2, -0.15) is 0 Å².